The summed E-state index contributed by atoms with van der Waals surface area (Å²) in [6, 6.07) is 10.7. The largest absolute Gasteiger partial charge is 0.398 e. The van der Waals surface area contributed by atoms with Crippen molar-refractivity contribution in [2.75, 3.05) is 5.73 Å². The third-order valence-electron chi connectivity index (χ3n) is 3.69. The number of rotatable bonds is 3. The Labute approximate surface area is 123 Å². The van der Waals surface area contributed by atoms with E-state index < -0.39 is 0 Å². The van der Waals surface area contributed by atoms with Crippen LogP contribution in [0.3, 0.4) is 0 Å². The van der Waals surface area contributed by atoms with Gasteiger partial charge in [0.25, 0.3) is 0 Å². The molecule has 3 nitrogen and oxygen atoms in total. The third-order valence-corrected chi connectivity index (χ3v) is 3.69. The minimum Gasteiger partial charge on any atom is -0.398 e. The number of fused-ring (bicyclic) bond motifs is 1. The highest BCUT2D eigenvalue weighted by molar-refractivity contribution is 5.81. The zero-order valence-corrected chi connectivity index (χ0v) is 12.2. The summed E-state index contributed by atoms with van der Waals surface area (Å²) in [5, 5.41) is 0. The summed E-state index contributed by atoms with van der Waals surface area (Å²) in [6.45, 7) is 4.93. The predicted molar refractivity (Wildman–Crippen MR) is 84.6 cm³/mol. The standard InChI is InChI=1S/C17H18FN3/c1-3-8-21-16-7-6-13(18)10-15(16)20-17(21)12-5-4-11(2)14(19)9-12/h4-7,9-10H,3,8,19H2,1-2H3. The van der Waals surface area contributed by atoms with Crippen LogP contribution in [-0.4, -0.2) is 9.55 Å². The van der Waals surface area contributed by atoms with Crippen LogP contribution in [0.25, 0.3) is 22.4 Å². The zero-order valence-electron chi connectivity index (χ0n) is 12.2. The van der Waals surface area contributed by atoms with Gasteiger partial charge in [-0.15, -0.1) is 0 Å². The number of imidazole rings is 1. The Hall–Kier alpha value is -2.36. The molecule has 0 aliphatic carbocycles. The Kier molecular flexibility index (Phi) is 3.37. The monoisotopic (exact) mass is 283 g/mol. The highest BCUT2D eigenvalue weighted by atomic mass is 19.1. The molecule has 3 rings (SSSR count). The molecule has 0 bridgehead atoms. The number of hydrogen-bond donors (Lipinski definition) is 1. The molecule has 108 valence electrons. The number of benzene rings is 2. The molecule has 0 saturated carbocycles. The van der Waals surface area contributed by atoms with Gasteiger partial charge >= 0.3 is 0 Å². The normalized spacial score (nSPS) is 11.2. The fourth-order valence-electron chi connectivity index (χ4n) is 2.55. The van der Waals surface area contributed by atoms with Gasteiger partial charge in [-0.2, -0.15) is 0 Å². The Morgan fingerprint density at radius 3 is 2.71 bits per heavy atom. The van der Waals surface area contributed by atoms with Crippen molar-refractivity contribution < 1.29 is 4.39 Å². The van der Waals surface area contributed by atoms with Crippen LogP contribution in [0.1, 0.15) is 18.9 Å². The van der Waals surface area contributed by atoms with Crippen molar-refractivity contribution in [2.45, 2.75) is 26.8 Å². The number of nitrogen functional groups attached to an aromatic ring is 1. The maximum absolute atomic E-state index is 13.4. The van der Waals surface area contributed by atoms with E-state index in [0.717, 1.165) is 41.1 Å². The molecular weight excluding hydrogens is 265 g/mol. The first-order valence-electron chi connectivity index (χ1n) is 7.12. The first kappa shape index (κ1) is 13.6. The number of aromatic nitrogens is 2. The first-order chi connectivity index (χ1) is 10.1. The molecule has 21 heavy (non-hydrogen) atoms. The van der Waals surface area contributed by atoms with Crippen molar-refractivity contribution in [1.82, 2.24) is 9.55 Å². The van der Waals surface area contributed by atoms with E-state index in [0.29, 0.717) is 5.52 Å². The number of halogens is 1. The number of nitrogens with zero attached hydrogens (tertiary/aromatic N) is 2. The second-order valence-corrected chi connectivity index (χ2v) is 5.29. The fourth-order valence-corrected chi connectivity index (χ4v) is 2.55. The number of aryl methyl sites for hydroxylation is 2. The first-order valence-corrected chi connectivity index (χ1v) is 7.12. The van der Waals surface area contributed by atoms with E-state index in [1.165, 1.54) is 12.1 Å². The summed E-state index contributed by atoms with van der Waals surface area (Å²) in [4.78, 5) is 4.60. The molecule has 0 spiro atoms. The topological polar surface area (TPSA) is 43.8 Å². The molecule has 1 aromatic heterocycles. The van der Waals surface area contributed by atoms with Crippen molar-refractivity contribution in [3.63, 3.8) is 0 Å². The molecule has 0 saturated heterocycles. The molecule has 0 amide bonds. The number of hydrogen-bond acceptors (Lipinski definition) is 2. The minimum atomic E-state index is -0.265. The predicted octanol–water partition coefficient (Wildman–Crippen LogP) is 4.14. The molecule has 4 heteroatoms. The van der Waals surface area contributed by atoms with Gasteiger partial charge in [-0.25, -0.2) is 9.37 Å². The van der Waals surface area contributed by atoms with E-state index in [9.17, 15) is 4.39 Å². The van der Waals surface area contributed by atoms with Crippen molar-refractivity contribution in [2.24, 2.45) is 0 Å². The molecule has 0 aliphatic rings. The highest BCUT2D eigenvalue weighted by Gasteiger charge is 2.13. The number of anilines is 1. The van der Waals surface area contributed by atoms with Crippen LogP contribution >= 0.6 is 0 Å². The molecule has 3 aromatic rings. The van der Waals surface area contributed by atoms with Crippen molar-refractivity contribution in [1.29, 1.82) is 0 Å². The molecule has 0 atom stereocenters. The van der Waals surface area contributed by atoms with E-state index >= 15 is 0 Å². The van der Waals surface area contributed by atoms with Gasteiger partial charge in [0.1, 0.15) is 11.6 Å². The van der Waals surface area contributed by atoms with Gasteiger partial charge in [0.15, 0.2) is 0 Å². The second kappa shape index (κ2) is 5.20. The quantitative estimate of drug-likeness (QED) is 0.734. The Bertz CT molecular complexity index is 805. The van der Waals surface area contributed by atoms with Gasteiger partial charge < -0.3 is 10.3 Å². The van der Waals surface area contributed by atoms with Gasteiger partial charge in [0, 0.05) is 23.9 Å². The lowest BCUT2D eigenvalue weighted by Crippen LogP contribution is -2.00. The summed E-state index contributed by atoms with van der Waals surface area (Å²) < 4.78 is 15.5. The molecule has 0 radical (unpaired) electrons. The van der Waals surface area contributed by atoms with Crippen LogP contribution in [-0.2, 0) is 6.54 Å². The molecule has 0 fully saturated rings. The van der Waals surface area contributed by atoms with Crippen LogP contribution in [0.5, 0.6) is 0 Å². The van der Waals surface area contributed by atoms with E-state index in [4.69, 9.17) is 5.73 Å². The number of nitrogens with two attached hydrogens (primary N) is 1. The third kappa shape index (κ3) is 2.37. The average Bonchev–Trinajstić information content (AvgIpc) is 2.80. The van der Waals surface area contributed by atoms with Crippen LogP contribution in [0.2, 0.25) is 0 Å². The van der Waals surface area contributed by atoms with E-state index in [1.54, 1.807) is 6.07 Å². The Balaban J connectivity index is 2.24. The molecule has 1 heterocycles. The summed E-state index contributed by atoms with van der Waals surface area (Å²) in [6.07, 6.45) is 0.983. The lowest BCUT2D eigenvalue weighted by molar-refractivity contribution is 0.629. The van der Waals surface area contributed by atoms with Gasteiger partial charge in [-0.05, 0) is 37.1 Å². The van der Waals surface area contributed by atoms with Crippen molar-refractivity contribution in [3.8, 4) is 11.4 Å². The van der Waals surface area contributed by atoms with E-state index in [1.807, 2.05) is 25.1 Å². The SMILES string of the molecule is CCCn1c(-c2ccc(C)c(N)c2)nc2cc(F)ccc21. The van der Waals surface area contributed by atoms with Gasteiger partial charge in [0.05, 0.1) is 11.0 Å². The van der Waals surface area contributed by atoms with Crippen molar-refractivity contribution in [3.05, 3.63) is 47.8 Å². The van der Waals surface area contributed by atoms with Gasteiger partial charge in [-0.1, -0.05) is 19.1 Å². The maximum atomic E-state index is 13.4. The highest BCUT2D eigenvalue weighted by Crippen LogP contribution is 2.28. The summed E-state index contributed by atoms with van der Waals surface area (Å²) >= 11 is 0. The minimum absolute atomic E-state index is 0.265. The zero-order chi connectivity index (χ0) is 15.0. The smallest absolute Gasteiger partial charge is 0.141 e. The van der Waals surface area contributed by atoms with Crippen LogP contribution in [0, 0.1) is 12.7 Å². The average molecular weight is 283 g/mol. The van der Waals surface area contributed by atoms with Crippen molar-refractivity contribution >= 4 is 16.7 Å². The molecule has 0 unspecified atom stereocenters. The maximum Gasteiger partial charge on any atom is 0.141 e. The lowest BCUT2D eigenvalue weighted by atomic mass is 10.1. The van der Waals surface area contributed by atoms with Crippen LogP contribution in [0.4, 0.5) is 10.1 Å². The van der Waals surface area contributed by atoms with E-state index in [2.05, 4.69) is 16.5 Å². The summed E-state index contributed by atoms with van der Waals surface area (Å²) in [5.41, 5.74) is 10.4. The fraction of sp³-hybridized carbons (Fsp3) is 0.235. The second-order valence-electron chi connectivity index (χ2n) is 5.29. The molecule has 2 aromatic carbocycles. The molecule has 2 N–H and O–H groups in total. The summed E-state index contributed by atoms with van der Waals surface area (Å²) in [5.74, 6) is 0.572. The Morgan fingerprint density at radius 2 is 2.00 bits per heavy atom. The van der Waals surface area contributed by atoms with Gasteiger partial charge in [0.2, 0.25) is 0 Å². The lowest BCUT2D eigenvalue weighted by Gasteiger charge is -2.09. The molecule has 0 aliphatic heterocycles. The summed E-state index contributed by atoms with van der Waals surface area (Å²) in [7, 11) is 0. The van der Waals surface area contributed by atoms with Gasteiger partial charge in [-0.3, -0.25) is 0 Å². The Morgan fingerprint density at radius 1 is 1.19 bits per heavy atom. The van der Waals surface area contributed by atoms with Crippen LogP contribution in [0.15, 0.2) is 36.4 Å². The van der Waals surface area contributed by atoms with E-state index in [-0.39, 0.29) is 5.82 Å². The molecular formula is C17H18FN3. The van der Waals surface area contributed by atoms with Crippen LogP contribution < -0.4 is 5.73 Å².